The molecule has 164 valence electrons. The van der Waals surface area contributed by atoms with Crippen molar-refractivity contribution in [3.05, 3.63) is 23.9 Å². The van der Waals surface area contributed by atoms with Gasteiger partial charge in [0.05, 0.1) is 6.54 Å². The number of carbonyl (C=O) groups excluding carboxylic acids is 1. The van der Waals surface area contributed by atoms with Gasteiger partial charge in [-0.3, -0.25) is 14.0 Å². The number of halogens is 1. The van der Waals surface area contributed by atoms with Crippen LogP contribution >= 0.6 is 24.0 Å². The molecule has 7 nitrogen and oxygen atoms in total. The predicted molar refractivity (Wildman–Crippen MR) is 131 cm³/mol. The van der Waals surface area contributed by atoms with Crippen LogP contribution in [0.4, 0.5) is 5.82 Å². The van der Waals surface area contributed by atoms with Crippen molar-refractivity contribution in [3.8, 4) is 0 Å². The molecule has 1 amide bonds. The molecule has 0 saturated heterocycles. The second-order valence-corrected chi connectivity index (χ2v) is 9.08. The lowest BCUT2D eigenvalue weighted by Gasteiger charge is -2.30. The number of pyridine rings is 1. The normalized spacial score (nSPS) is 20.3. The van der Waals surface area contributed by atoms with Gasteiger partial charge in [0.25, 0.3) is 0 Å². The molecule has 1 aliphatic rings. The zero-order valence-electron chi connectivity index (χ0n) is 17.6. The van der Waals surface area contributed by atoms with Crippen molar-refractivity contribution in [2.75, 3.05) is 24.2 Å². The van der Waals surface area contributed by atoms with E-state index >= 15 is 0 Å². The van der Waals surface area contributed by atoms with Gasteiger partial charge in [0.2, 0.25) is 5.91 Å². The lowest BCUT2D eigenvalue weighted by molar-refractivity contribution is -0.116. The third-order valence-electron chi connectivity index (χ3n) is 4.76. The number of carbonyl (C=O) groups is 1. The van der Waals surface area contributed by atoms with E-state index in [9.17, 15) is 9.00 Å². The first-order valence-electron chi connectivity index (χ1n) is 10.2. The topological polar surface area (TPSA) is 95.5 Å². The number of hydrogen-bond donors (Lipinski definition) is 3. The molecule has 29 heavy (non-hydrogen) atoms. The SMILES string of the molecule is CCNC(=NCCC(=O)Nc1ccc(C)cn1)NC1CCCC(S(=O)CC)C1.I. The van der Waals surface area contributed by atoms with Gasteiger partial charge in [-0.05, 0) is 44.7 Å². The highest BCUT2D eigenvalue weighted by atomic mass is 127. The highest BCUT2D eigenvalue weighted by molar-refractivity contribution is 14.0. The Bertz CT molecular complexity index is 684. The molecule has 1 heterocycles. The fraction of sp³-hybridized carbons (Fsp3) is 0.650. The Balaban J connectivity index is 0.00000420. The largest absolute Gasteiger partial charge is 0.357 e. The number of aliphatic imine (C=N–C) groups is 1. The predicted octanol–water partition coefficient (Wildman–Crippen LogP) is 2.97. The summed E-state index contributed by atoms with van der Waals surface area (Å²) < 4.78 is 12.1. The number of aromatic nitrogens is 1. The molecule has 3 N–H and O–H groups in total. The molecule has 9 heteroatoms. The number of aryl methyl sites for hydroxylation is 1. The van der Waals surface area contributed by atoms with Crippen LogP contribution in [0.5, 0.6) is 0 Å². The maximum Gasteiger partial charge on any atom is 0.227 e. The van der Waals surface area contributed by atoms with E-state index in [-0.39, 0.29) is 41.2 Å². The highest BCUT2D eigenvalue weighted by Gasteiger charge is 2.26. The van der Waals surface area contributed by atoms with Gasteiger partial charge in [-0.2, -0.15) is 0 Å². The Morgan fingerprint density at radius 2 is 2.10 bits per heavy atom. The summed E-state index contributed by atoms with van der Waals surface area (Å²) in [6.07, 6.45) is 6.11. The lowest BCUT2D eigenvalue weighted by atomic mass is 9.95. The number of rotatable bonds is 8. The molecular weight excluding hydrogens is 501 g/mol. The summed E-state index contributed by atoms with van der Waals surface area (Å²) in [5.41, 5.74) is 1.05. The third kappa shape index (κ3) is 9.41. The van der Waals surface area contributed by atoms with Crippen molar-refractivity contribution >= 4 is 52.5 Å². The van der Waals surface area contributed by atoms with Crippen molar-refractivity contribution < 1.29 is 9.00 Å². The van der Waals surface area contributed by atoms with E-state index in [4.69, 9.17) is 0 Å². The van der Waals surface area contributed by atoms with E-state index in [2.05, 4.69) is 25.9 Å². The molecule has 3 atom stereocenters. The van der Waals surface area contributed by atoms with Crippen LogP contribution in [0.3, 0.4) is 0 Å². The fourth-order valence-corrected chi connectivity index (χ4v) is 4.63. The first kappa shape index (κ1) is 25.8. The summed E-state index contributed by atoms with van der Waals surface area (Å²) in [5, 5.41) is 9.75. The standard InChI is InChI=1S/C20H33N5O2S.HI/c1-4-21-20(24-16-7-6-8-17(13-16)28(27)5-2)22-12-11-19(26)25-18-10-9-15(3)14-23-18;/h9-10,14,16-17H,4-8,11-13H2,1-3H3,(H2,21,22,24)(H,23,25,26);1H. The van der Waals surface area contributed by atoms with Crippen LogP contribution < -0.4 is 16.0 Å². The number of nitrogens with one attached hydrogen (secondary N) is 3. The monoisotopic (exact) mass is 535 g/mol. The average molecular weight is 535 g/mol. The molecule has 0 aromatic carbocycles. The van der Waals surface area contributed by atoms with Gasteiger partial charge in [-0.1, -0.05) is 19.4 Å². The summed E-state index contributed by atoms with van der Waals surface area (Å²) in [5.74, 6) is 1.89. The zero-order chi connectivity index (χ0) is 20.4. The van der Waals surface area contributed by atoms with E-state index in [1.54, 1.807) is 12.3 Å². The first-order valence-corrected chi connectivity index (χ1v) is 11.5. The molecule has 1 aromatic heterocycles. The summed E-state index contributed by atoms with van der Waals surface area (Å²) in [4.78, 5) is 20.8. The molecular formula is C20H34IN5O2S. The second-order valence-electron chi connectivity index (χ2n) is 7.08. The van der Waals surface area contributed by atoms with Crippen molar-refractivity contribution in [1.82, 2.24) is 15.6 Å². The minimum Gasteiger partial charge on any atom is -0.357 e. The average Bonchev–Trinajstić information content (AvgIpc) is 2.69. The summed E-state index contributed by atoms with van der Waals surface area (Å²) >= 11 is 0. The Morgan fingerprint density at radius 1 is 1.31 bits per heavy atom. The van der Waals surface area contributed by atoms with Gasteiger partial charge >= 0.3 is 0 Å². The van der Waals surface area contributed by atoms with Crippen LogP contribution in [0.2, 0.25) is 0 Å². The Morgan fingerprint density at radius 3 is 2.76 bits per heavy atom. The van der Waals surface area contributed by atoms with Crippen LogP contribution in [0, 0.1) is 6.92 Å². The van der Waals surface area contributed by atoms with Gasteiger partial charge in [-0.15, -0.1) is 24.0 Å². The van der Waals surface area contributed by atoms with Crippen LogP contribution in [0.1, 0.15) is 51.5 Å². The number of anilines is 1. The Labute approximate surface area is 193 Å². The van der Waals surface area contributed by atoms with Crippen molar-refractivity contribution in [1.29, 1.82) is 0 Å². The van der Waals surface area contributed by atoms with Crippen LogP contribution in [-0.2, 0) is 15.6 Å². The van der Waals surface area contributed by atoms with Gasteiger partial charge in [0.1, 0.15) is 5.82 Å². The van der Waals surface area contributed by atoms with Crippen LogP contribution in [0.15, 0.2) is 23.3 Å². The molecule has 1 aromatic rings. The maximum atomic E-state index is 12.1. The molecule has 0 radical (unpaired) electrons. The minimum absolute atomic E-state index is 0. The quantitative estimate of drug-likeness (QED) is 0.270. The Hall–Kier alpha value is -1.23. The van der Waals surface area contributed by atoms with Crippen molar-refractivity contribution in [2.45, 2.75) is 64.2 Å². The molecule has 0 aliphatic heterocycles. The molecule has 1 fully saturated rings. The molecule has 1 aliphatic carbocycles. The fourth-order valence-electron chi connectivity index (χ4n) is 3.28. The maximum absolute atomic E-state index is 12.1. The number of nitrogens with zero attached hydrogens (tertiary/aromatic N) is 2. The molecule has 0 spiro atoms. The van der Waals surface area contributed by atoms with E-state index in [0.717, 1.165) is 49.5 Å². The molecule has 1 saturated carbocycles. The zero-order valence-corrected chi connectivity index (χ0v) is 20.7. The van der Waals surface area contributed by atoms with Gasteiger partial charge < -0.3 is 16.0 Å². The van der Waals surface area contributed by atoms with Crippen molar-refractivity contribution in [2.24, 2.45) is 4.99 Å². The van der Waals surface area contributed by atoms with Gasteiger partial charge in [0, 0.05) is 47.0 Å². The van der Waals surface area contributed by atoms with E-state index in [1.165, 1.54) is 0 Å². The van der Waals surface area contributed by atoms with E-state index < -0.39 is 10.8 Å². The minimum atomic E-state index is -0.744. The smallest absolute Gasteiger partial charge is 0.227 e. The number of amides is 1. The molecule has 3 unspecified atom stereocenters. The second kappa shape index (κ2) is 13.9. The number of hydrogen-bond acceptors (Lipinski definition) is 4. The summed E-state index contributed by atoms with van der Waals surface area (Å²) in [6.45, 7) is 7.10. The first-order chi connectivity index (χ1) is 13.5. The van der Waals surface area contributed by atoms with Gasteiger partial charge in [0.15, 0.2) is 5.96 Å². The van der Waals surface area contributed by atoms with Crippen LogP contribution in [0.25, 0.3) is 0 Å². The van der Waals surface area contributed by atoms with Crippen molar-refractivity contribution in [3.63, 3.8) is 0 Å². The Kier molecular flexibility index (Phi) is 12.4. The third-order valence-corrected chi connectivity index (χ3v) is 6.50. The molecule has 0 bridgehead atoms. The van der Waals surface area contributed by atoms with E-state index in [1.807, 2.05) is 26.8 Å². The number of guanidine groups is 1. The molecule has 2 rings (SSSR count). The highest BCUT2D eigenvalue weighted by Crippen LogP contribution is 2.23. The van der Waals surface area contributed by atoms with Gasteiger partial charge in [-0.25, -0.2) is 4.98 Å². The summed E-state index contributed by atoms with van der Waals surface area (Å²) in [6, 6.07) is 3.98. The van der Waals surface area contributed by atoms with E-state index in [0.29, 0.717) is 18.8 Å². The summed E-state index contributed by atoms with van der Waals surface area (Å²) in [7, 11) is -0.744. The van der Waals surface area contributed by atoms with Crippen LogP contribution in [-0.4, -0.2) is 51.2 Å². The lowest BCUT2D eigenvalue weighted by Crippen LogP contribution is -2.46.